The molecule has 110 valence electrons. The number of carbonyl (C=O) groups excluding carboxylic acids is 1. The summed E-state index contributed by atoms with van der Waals surface area (Å²) >= 11 is 0. The van der Waals surface area contributed by atoms with Crippen molar-refractivity contribution < 1.29 is 4.79 Å². The highest BCUT2D eigenvalue weighted by molar-refractivity contribution is 5.77. The van der Waals surface area contributed by atoms with Gasteiger partial charge in [0.25, 0.3) is 0 Å². The quantitative estimate of drug-likeness (QED) is 0.776. The number of rotatable bonds is 5. The molecule has 1 fully saturated rings. The van der Waals surface area contributed by atoms with Gasteiger partial charge in [0.2, 0.25) is 5.91 Å². The molecule has 1 rings (SSSR count). The summed E-state index contributed by atoms with van der Waals surface area (Å²) in [6.07, 6.45) is 4.95. The first-order valence-electron chi connectivity index (χ1n) is 7.48. The van der Waals surface area contributed by atoms with E-state index >= 15 is 0 Å². The zero-order valence-electron chi connectivity index (χ0n) is 13.0. The Bertz CT molecular complexity index is 300. The van der Waals surface area contributed by atoms with E-state index in [4.69, 9.17) is 0 Å². The SMILES string of the molecule is C=CCN(C(=O)CC(C)C1CCCNC1)C(C)(C)C. The molecular formula is C16H30N2O. The maximum absolute atomic E-state index is 12.5. The molecule has 1 aliphatic rings. The average molecular weight is 266 g/mol. The molecular weight excluding hydrogens is 236 g/mol. The number of amides is 1. The first kappa shape index (κ1) is 16.2. The van der Waals surface area contributed by atoms with Crippen LogP contribution in [0.3, 0.4) is 0 Å². The van der Waals surface area contributed by atoms with Gasteiger partial charge in [-0.05, 0) is 58.5 Å². The van der Waals surface area contributed by atoms with E-state index in [9.17, 15) is 4.79 Å². The molecule has 3 heteroatoms. The fourth-order valence-electron chi connectivity index (χ4n) is 2.80. The Labute approximate surface area is 118 Å². The summed E-state index contributed by atoms with van der Waals surface area (Å²) in [6, 6.07) is 0. The van der Waals surface area contributed by atoms with E-state index in [-0.39, 0.29) is 11.4 Å². The molecule has 1 saturated heterocycles. The van der Waals surface area contributed by atoms with Crippen molar-refractivity contribution >= 4 is 5.91 Å². The Hall–Kier alpha value is -0.830. The van der Waals surface area contributed by atoms with Gasteiger partial charge in [0, 0.05) is 18.5 Å². The second-order valence-electron chi connectivity index (χ2n) is 6.75. The van der Waals surface area contributed by atoms with Crippen molar-refractivity contribution in [2.75, 3.05) is 19.6 Å². The Morgan fingerprint density at radius 3 is 2.68 bits per heavy atom. The highest BCUT2D eigenvalue weighted by Gasteiger charge is 2.28. The molecule has 0 aromatic heterocycles. The predicted molar refractivity (Wildman–Crippen MR) is 81.0 cm³/mol. The smallest absolute Gasteiger partial charge is 0.223 e. The van der Waals surface area contributed by atoms with Gasteiger partial charge in [-0.2, -0.15) is 0 Å². The van der Waals surface area contributed by atoms with Crippen LogP contribution in [0.25, 0.3) is 0 Å². The van der Waals surface area contributed by atoms with Gasteiger partial charge in [-0.1, -0.05) is 13.0 Å². The first-order valence-corrected chi connectivity index (χ1v) is 7.48. The van der Waals surface area contributed by atoms with Gasteiger partial charge in [-0.15, -0.1) is 6.58 Å². The van der Waals surface area contributed by atoms with E-state index in [2.05, 4.69) is 39.6 Å². The van der Waals surface area contributed by atoms with Crippen molar-refractivity contribution in [3.8, 4) is 0 Å². The van der Waals surface area contributed by atoms with Crippen LogP contribution in [0.2, 0.25) is 0 Å². The third kappa shape index (κ3) is 4.98. The van der Waals surface area contributed by atoms with Crippen LogP contribution in [-0.2, 0) is 4.79 Å². The molecule has 0 aromatic rings. The van der Waals surface area contributed by atoms with Crippen molar-refractivity contribution in [2.45, 2.75) is 52.5 Å². The Morgan fingerprint density at radius 1 is 1.53 bits per heavy atom. The molecule has 0 saturated carbocycles. The molecule has 0 aromatic carbocycles. The zero-order valence-corrected chi connectivity index (χ0v) is 13.0. The van der Waals surface area contributed by atoms with Crippen molar-refractivity contribution in [1.82, 2.24) is 10.2 Å². The number of nitrogens with zero attached hydrogens (tertiary/aromatic N) is 1. The van der Waals surface area contributed by atoms with Crippen LogP contribution in [0, 0.1) is 11.8 Å². The van der Waals surface area contributed by atoms with Crippen molar-refractivity contribution in [2.24, 2.45) is 11.8 Å². The van der Waals surface area contributed by atoms with Gasteiger partial charge in [0.05, 0.1) is 0 Å². The van der Waals surface area contributed by atoms with Crippen molar-refractivity contribution in [1.29, 1.82) is 0 Å². The molecule has 2 atom stereocenters. The molecule has 0 bridgehead atoms. The molecule has 0 radical (unpaired) electrons. The molecule has 19 heavy (non-hydrogen) atoms. The monoisotopic (exact) mass is 266 g/mol. The lowest BCUT2D eigenvalue weighted by atomic mass is 9.85. The van der Waals surface area contributed by atoms with Crippen molar-refractivity contribution in [3.63, 3.8) is 0 Å². The summed E-state index contributed by atoms with van der Waals surface area (Å²) in [7, 11) is 0. The predicted octanol–water partition coefficient (Wildman–Crippen LogP) is 2.83. The van der Waals surface area contributed by atoms with Gasteiger partial charge < -0.3 is 10.2 Å². The minimum atomic E-state index is -0.129. The topological polar surface area (TPSA) is 32.3 Å². The Morgan fingerprint density at radius 2 is 2.21 bits per heavy atom. The Balaban J connectivity index is 2.57. The molecule has 2 unspecified atom stereocenters. The largest absolute Gasteiger partial charge is 0.334 e. The number of hydrogen-bond acceptors (Lipinski definition) is 2. The van der Waals surface area contributed by atoms with Crippen LogP contribution in [0.5, 0.6) is 0 Å². The van der Waals surface area contributed by atoms with E-state index < -0.39 is 0 Å². The molecule has 1 heterocycles. The second kappa shape index (κ2) is 7.09. The van der Waals surface area contributed by atoms with Crippen LogP contribution in [0.4, 0.5) is 0 Å². The molecule has 0 spiro atoms. The van der Waals surface area contributed by atoms with Crippen molar-refractivity contribution in [3.05, 3.63) is 12.7 Å². The summed E-state index contributed by atoms with van der Waals surface area (Å²) in [5.41, 5.74) is -0.129. The van der Waals surface area contributed by atoms with E-state index in [1.165, 1.54) is 12.8 Å². The molecule has 3 nitrogen and oxygen atoms in total. The number of hydrogen-bond donors (Lipinski definition) is 1. The first-order chi connectivity index (χ1) is 8.86. The number of nitrogens with one attached hydrogen (secondary N) is 1. The van der Waals surface area contributed by atoms with Crippen LogP contribution in [0.1, 0.15) is 47.0 Å². The maximum atomic E-state index is 12.5. The van der Waals surface area contributed by atoms with Crippen LogP contribution in [-0.4, -0.2) is 36.0 Å². The summed E-state index contributed by atoms with van der Waals surface area (Å²) < 4.78 is 0. The lowest BCUT2D eigenvalue weighted by Gasteiger charge is -2.37. The van der Waals surface area contributed by atoms with E-state index in [1.54, 1.807) is 0 Å². The summed E-state index contributed by atoms with van der Waals surface area (Å²) in [4.78, 5) is 14.4. The van der Waals surface area contributed by atoms with Gasteiger partial charge in [-0.3, -0.25) is 4.79 Å². The fraction of sp³-hybridized carbons (Fsp3) is 0.812. The third-order valence-corrected chi connectivity index (χ3v) is 4.06. The third-order valence-electron chi connectivity index (χ3n) is 4.06. The molecule has 1 aliphatic heterocycles. The minimum Gasteiger partial charge on any atom is -0.334 e. The highest BCUT2D eigenvalue weighted by Crippen LogP contribution is 2.25. The van der Waals surface area contributed by atoms with E-state index in [1.807, 2.05) is 11.0 Å². The molecule has 1 amide bonds. The van der Waals surface area contributed by atoms with Crippen LogP contribution in [0.15, 0.2) is 12.7 Å². The molecule has 0 aliphatic carbocycles. The lowest BCUT2D eigenvalue weighted by Crippen LogP contribution is -2.46. The number of carbonyl (C=O) groups is 1. The maximum Gasteiger partial charge on any atom is 0.223 e. The van der Waals surface area contributed by atoms with Crippen LogP contribution >= 0.6 is 0 Å². The second-order valence-corrected chi connectivity index (χ2v) is 6.75. The van der Waals surface area contributed by atoms with Gasteiger partial charge in [0.15, 0.2) is 0 Å². The summed E-state index contributed by atoms with van der Waals surface area (Å²) in [5, 5.41) is 3.43. The highest BCUT2D eigenvalue weighted by atomic mass is 16.2. The lowest BCUT2D eigenvalue weighted by molar-refractivity contribution is -0.136. The zero-order chi connectivity index (χ0) is 14.5. The van der Waals surface area contributed by atoms with E-state index in [0.29, 0.717) is 24.8 Å². The summed E-state index contributed by atoms with van der Waals surface area (Å²) in [5.74, 6) is 1.35. The van der Waals surface area contributed by atoms with E-state index in [0.717, 1.165) is 13.1 Å². The fourth-order valence-corrected chi connectivity index (χ4v) is 2.80. The minimum absolute atomic E-state index is 0.129. The summed E-state index contributed by atoms with van der Waals surface area (Å²) in [6.45, 7) is 15.1. The average Bonchev–Trinajstić information content (AvgIpc) is 2.35. The number of piperidine rings is 1. The molecule has 1 N–H and O–H groups in total. The van der Waals surface area contributed by atoms with Gasteiger partial charge in [0.1, 0.15) is 0 Å². The van der Waals surface area contributed by atoms with Gasteiger partial charge >= 0.3 is 0 Å². The Kier molecular flexibility index (Phi) is 6.05. The normalized spacial score (nSPS) is 21.8. The van der Waals surface area contributed by atoms with Gasteiger partial charge in [-0.25, -0.2) is 0 Å². The van der Waals surface area contributed by atoms with Crippen LogP contribution < -0.4 is 5.32 Å². The standard InChI is InChI=1S/C16H30N2O/c1-6-10-18(16(3,4)5)15(19)11-13(2)14-8-7-9-17-12-14/h6,13-14,17H,1,7-12H2,2-5H3.